The first-order chi connectivity index (χ1) is 6.84. The van der Waals surface area contributed by atoms with E-state index in [-0.39, 0.29) is 11.9 Å². The predicted octanol–water partition coefficient (Wildman–Crippen LogP) is 2.09. The Balaban J connectivity index is 2.03. The van der Waals surface area contributed by atoms with Gasteiger partial charge >= 0.3 is 5.97 Å². The highest BCUT2D eigenvalue weighted by Crippen LogP contribution is 2.49. The average Bonchev–Trinajstić information content (AvgIpc) is 2.77. The molecule has 2 heteroatoms. The van der Waals surface area contributed by atoms with Crippen LogP contribution in [0.2, 0.25) is 0 Å². The quantitative estimate of drug-likeness (QED) is 0.623. The van der Waals surface area contributed by atoms with Crippen LogP contribution in [0.1, 0.15) is 6.92 Å². The summed E-state index contributed by atoms with van der Waals surface area (Å²) in [5.74, 6) is 0.714. The van der Waals surface area contributed by atoms with Crippen LogP contribution in [0.5, 0.6) is 0 Å². The van der Waals surface area contributed by atoms with Crippen LogP contribution < -0.4 is 0 Å². The molecule has 1 saturated carbocycles. The van der Waals surface area contributed by atoms with Crippen molar-refractivity contribution in [1.29, 1.82) is 0 Å². The van der Waals surface area contributed by atoms with Crippen LogP contribution in [0.25, 0.3) is 0 Å². The van der Waals surface area contributed by atoms with E-state index in [0.29, 0.717) is 18.4 Å². The van der Waals surface area contributed by atoms with Gasteiger partial charge in [-0.2, -0.15) is 0 Å². The summed E-state index contributed by atoms with van der Waals surface area (Å²) in [6.07, 6.45) is 12.1. The van der Waals surface area contributed by atoms with Gasteiger partial charge in [-0.25, -0.2) is 0 Å². The van der Waals surface area contributed by atoms with Crippen LogP contribution in [-0.4, -0.2) is 12.6 Å². The summed E-state index contributed by atoms with van der Waals surface area (Å²) in [6.45, 7) is 2.32. The minimum Gasteiger partial charge on any atom is -0.466 e. The van der Waals surface area contributed by atoms with Crippen molar-refractivity contribution >= 4 is 5.97 Å². The zero-order valence-corrected chi connectivity index (χ0v) is 8.22. The summed E-state index contributed by atoms with van der Waals surface area (Å²) in [6, 6.07) is 0. The van der Waals surface area contributed by atoms with Gasteiger partial charge in [0, 0.05) is 0 Å². The molecule has 2 aliphatic rings. The molecule has 2 atom stereocenters. The highest BCUT2D eigenvalue weighted by atomic mass is 16.5. The van der Waals surface area contributed by atoms with Crippen LogP contribution >= 0.6 is 0 Å². The lowest BCUT2D eigenvalue weighted by molar-refractivity contribution is -0.145. The Labute approximate surface area is 83.9 Å². The van der Waals surface area contributed by atoms with E-state index >= 15 is 0 Å². The van der Waals surface area contributed by atoms with E-state index in [9.17, 15) is 4.79 Å². The average molecular weight is 190 g/mol. The third-order valence-corrected chi connectivity index (χ3v) is 2.69. The van der Waals surface area contributed by atoms with Gasteiger partial charge in [-0.3, -0.25) is 4.79 Å². The van der Waals surface area contributed by atoms with Gasteiger partial charge in [0.25, 0.3) is 0 Å². The molecule has 0 N–H and O–H groups in total. The SMILES string of the molecule is CCOC(=O)C1C2\C=C/C=C\C=C/C21. The minimum atomic E-state index is -0.0568. The molecular formula is C12H14O2. The second-order valence-corrected chi connectivity index (χ2v) is 3.59. The van der Waals surface area contributed by atoms with Gasteiger partial charge in [-0.05, 0) is 18.8 Å². The second-order valence-electron chi connectivity index (χ2n) is 3.59. The Morgan fingerprint density at radius 3 is 2.21 bits per heavy atom. The van der Waals surface area contributed by atoms with E-state index in [2.05, 4.69) is 12.2 Å². The summed E-state index contributed by atoms with van der Waals surface area (Å²) in [7, 11) is 0. The summed E-state index contributed by atoms with van der Waals surface area (Å²) in [5.41, 5.74) is 0. The molecular weight excluding hydrogens is 176 g/mol. The molecule has 0 bridgehead atoms. The number of hydrogen-bond donors (Lipinski definition) is 0. The lowest BCUT2D eigenvalue weighted by Gasteiger charge is -1.97. The van der Waals surface area contributed by atoms with E-state index in [4.69, 9.17) is 4.74 Å². The van der Waals surface area contributed by atoms with Gasteiger partial charge in [0.1, 0.15) is 0 Å². The number of hydrogen-bond acceptors (Lipinski definition) is 2. The molecule has 0 amide bonds. The molecule has 0 aromatic carbocycles. The smallest absolute Gasteiger partial charge is 0.310 e. The topological polar surface area (TPSA) is 26.3 Å². The van der Waals surface area contributed by atoms with Crippen LogP contribution in [0.3, 0.4) is 0 Å². The third kappa shape index (κ3) is 1.65. The Bertz CT molecular complexity index is 290. The molecule has 0 radical (unpaired) electrons. The Morgan fingerprint density at radius 2 is 1.71 bits per heavy atom. The second kappa shape index (κ2) is 3.82. The standard InChI is InChI=1S/C12H14O2/c1-2-14-12(13)11-9-7-5-3-4-6-8-10(9)11/h3-11H,2H2,1H3/b4-3-,7-5-,8-6-. The van der Waals surface area contributed by atoms with Crippen molar-refractivity contribution < 1.29 is 9.53 Å². The molecule has 2 nitrogen and oxygen atoms in total. The maximum absolute atomic E-state index is 11.5. The van der Waals surface area contributed by atoms with Crippen LogP contribution in [-0.2, 0) is 9.53 Å². The van der Waals surface area contributed by atoms with Gasteiger partial charge < -0.3 is 4.74 Å². The van der Waals surface area contributed by atoms with Crippen molar-refractivity contribution in [3.63, 3.8) is 0 Å². The monoisotopic (exact) mass is 190 g/mol. The number of rotatable bonds is 2. The number of esters is 1. The Kier molecular flexibility index (Phi) is 2.53. The normalized spacial score (nSPS) is 39.9. The Morgan fingerprint density at radius 1 is 1.14 bits per heavy atom. The van der Waals surface area contributed by atoms with Crippen molar-refractivity contribution in [2.45, 2.75) is 6.92 Å². The van der Waals surface area contributed by atoms with Crippen molar-refractivity contribution in [2.24, 2.45) is 17.8 Å². The zero-order valence-electron chi connectivity index (χ0n) is 8.22. The van der Waals surface area contributed by atoms with Crippen molar-refractivity contribution in [3.05, 3.63) is 36.5 Å². The zero-order chi connectivity index (χ0) is 9.97. The van der Waals surface area contributed by atoms with E-state index in [1.807, 2.05) is 31.2 Å². The van der Waals surface area contributed by atoms with E-state index in [0.717, 1.165) is 0 Å². The molecule has 0 saturated heterocycles. The first kappa shape index (κ1) is 9.25. The van der Waals surface area contributed by atoms with Crippen molar-refractivity contribution in [1.82, 2.24) is 0 Å². The molecule has 2 aliphatic carbocycles. The van der Waals surface area contributed by atoms with Crippen LogP contribution in [0.4, 0.5) is 0 Å². The van der Waals surface area contributed by atoms with Gasteiger partial charge in [0.05, 0.1) is 12.5 Å². The fourth-order valence-corrected chi connectivity index (χ4v) is 1.92. The van der Waals surface area contributed by atoms with E-state index < -0.39 is 0 Å². The summed E-state index contributed by atoms with van der Waals surface area (Å²) in [5, 5.41) is 0. The van der Waals surface area contributed by atoms with Gasteiger partial charge in [-0.15, -0.1) is 0 Å². The predicted molar refractivity (Wildman–Crippen MR) is 54.5 cm³/mol. The maximum Gasteiger partial charge on any atom is 0.310 e. The van der Waals surface area contributed by atoms with Gasteiger partial charge in [-0.1, -0.05) is 36.5 Å². The molecule has 0 aliphatic heterocycles. The molecule has 0 aromatic heterocycles. The lowest BCUT2D eigenvalue weighted by Crippen LogP contribution is -2.07. The van der Waals surface area contributed by atoms with Crippen molar-refractivity contribution in [2.75, 3.05) is 6.61 Å². The number of carbonyl (C=O) groups excluding carboxylic acids is 1. The Hall–Kier alpha value is -1.31. The molecule has 1 fully saturated rings. The summed E-state index contributed by atoms with van der Waals surface area (Å²) in [4.78, 5) is 11.5. The minimum absolute atomic E-state index is 0.0568. The third-order valence-electron chi connectivity index (χ3n) is 2.69. The largest absolute Gasteiger partial charge is 0.466 e. The number of fused-ring (bicyclic) bond motifs is 1. The maximum atomic E-state index is 11.5. The number of allylic oxidation sites excluding steroid dienone is 6. The first-order valence-corrected chi connectivity index (χ1v) is 5.03. The summed E-state index contributed by atoms with van der Waals surface area (Å²) < 4.78 is 5.01. The molecule has 0 heterocycles. The number of carbonyl (C=O) groups is 1. The first-order valence-electron chi connectivity index (χ1n) is 5.03. The highest BCUT2D eigenvalue weighted by Gasteiger charge is 2.52. The van der Waals surface area contributed by atoms with E-state index in [1.165, 1.54) is 0 Å². The molecule has 2 rings (SSSR count). The number of ether oxygens (including phenoxy) is 1. The molecule has 2 unspecified atom stereocenters. The van der Waals surface area contributed by atoms with Crippen LogP contribution in [0.15, 0.2) is 36.5 Å². The lowest BCUT2D eigenvalue weighted by atomic mass is 10.2. The van der Waals surface area contributed by atoms with Gasteiger partial charge in [0.15, 0.2) is 0 Å². The molecule has 0 spiro atoms. The highest BCUT2D eigenvalue weighted by molar-refractivity contribution is 5.77. The fraction of sp³-hybridized carbons (Fsp3) is 0.417. The summed E-state index contributed by atoms with van der Waals surface area (Å²) >= 11 is 0. The molecule has 74 valence electrons. The molecule has 0 aromatic rings. The van der Waals surface area contributed by atoms with Crippen LogP contribution in [0, 0.1) is 17.8 Å². The van der Waals surface area contributed by atoms with E-state index in [1.54, 1.807) is 0 Å². The van der Waals surface area contributed by atoms with Crippen molar-refractivity contribution in [3.8, 4) is 0 Å². The van der Waals surface area contributed by atoms with Gasteiger partial charge in [0.2, 0.25) is 0 Å². The molecule has 14 heavy (non-hydrogen) atoms. The fourth-order valence-electron chi connectivity index (χ4n) is 1.92.